The van der Waals surface area contributed by atoms with Gasteiger partial charge in [0.2, 0.25) is 5.91 Å². The van der Waals surface area contributed by atoms with Gasteiger partial charge >= 0.3 is 0 Å². The molecule has 0 aliphatic heterocycles. The Bertz CT molecular complexity index is 1030. The molecule has 0 spiro atoms. The molecule has 200 valence electrons. The number of hydrogen-bond donors (Lipinski definition) is 3. The maximum Gasteiger partial charge on any atom is 0.225 e. The van der Waals surface area contributed by atoms with Crippen molar-refractivity contribution in [2.24, 2.45) is 33.7 Å². The van der Waals surface area contributed by atoms with Crippen molar-refractivity contribution < 1.29 is 34.1 Å². The highest BCUT2D eigenvalue weighted by atomic mass is 19.1. The van der Waals surface area contributed by atoms with E-state index >= 15 is 4.39 Å². The van der Waals surface area contributed by atoms with Crippen molar-refractivity contribution in [1.82, 2.24) is 4.90 Å². The van der Waals surface area contributed by atoms with Gasteiger partial charge in [-0.2, -0.15) is 0 Å². The number of aliphatic hydroxyl groups excluding tert-OH is 2. The highest BCUT2D eigenvalue weighted by Gasteiger charge is 2.75. The highest BCUT2D eigenvalue weighted by molar-refractivity contribution is 6.05. The molecule has 4 aliphatic carbocycles. The zero-order chi connectivity index (χ0) is 26.7. The van der Waals surface area contributed by atoms with E-state index in [0.29, 0.717) is 25.0 Å². The number of aliphatic hydroxyl groups is 3. The predicted molar refractivity (Wildman–Crippen MR) is 132 cm³/mol. The molecule has 0 bridgehead atoms. The standard InChI is InChI=1S/C27H39FN2O6/c1-16-12-20-19-7-6-17-13-18(29-36-11-9-23(34)30(4)5)8-10-24(17,2)26(19,28)21(32)14-25(20,3)27(16,35)22(33)15-31/h8,10,13,16,19-21,31-32,35H,6-7,9,11-12,14-15H2,1-5H3/b29-18-/t16-,19+,20+,21+,24+,25+,26+,27+/m1/s1. The van der Waals surface area contributed by atoms with Crippen molar-refractivity contribution in [3.05, 3.63) is 23.8 Å². The molecule has 0 heterocycles. The van der Waals surface area contributed by atoms with Crippen LogP contribution < -0.4 is 0 Å². The number of alkyl halides is 1. The number of Topliss-reactive ketones (excluding diaryl/α,β-unsaturated/α-hetero) is 1. The van der Waals surface area contributed by atoms with Crippen LogP contribution in [0, 0.1) is 28.6 Å². The van der Waals surface area contributed by atoms with E-state index in [2.05, 4.69) is 5.16 Å². The average Bonchev–Trinajstić information content (AvgIpc) is 3.03. The normalized spacial score (nSPS) is 44.4. The van der Waals surface area contributed by atoms with Crippen molar-refractivity contribution in [2.75, 3.05) is 27.3 Å². The summed E-state index contributed by atoms with van der Waals surface area (Å²) < 4.78 is 17.3. The van der Waals surface area contributed by atoms with Crippen LogP contribution >= 0.6 is 0 Å². The lowest BCUT2D eigenvalue weighted by molar-refractivity contribution is -0.219. The molecule has 36 heavy (non-hydrogen) atoms. The number of hydrogen-bond acceptors (Lipinski definition) is 7. The minimum Gasteiger partial charge on any atom is -0.395 e. The fourth-order valence-electron chi connectivity index (χ4n) is 7.80. The number of ketones is 1. The fraction of sp³-hybridized carbons (Fsp3) is 0.741. The van der Waals surface area contributed by atoms with Crippen molar-refractivity contribution in [1.29, 1.82) is 0 Å². The Kier molecular flexibility index (Phi) is 6.76. The lowest BCUT2D eigenvalue weighted by Gasteiger charge is -2.62. The van der Waals surface area contributed by atoms with E-state index in [1.165, 1.54) is 4.90 Å². The molecule has 8 nitrogen and oxygen atoms in total. The molecular weight excluding hydrogens is 467 g/mol. The maximum absolute atomic E-state index is 17.3. The molecule has 0 aromatic rings. The molecule has 9 heteroatoms. The van der Waals surface area contributed by atoms with Crippen LogP contribution in [0.25, 0.3) is 0 Å². The maximum atomic E-state index is 17.3. The topological polar surface area (TPSA) is 120 Å². The van der Waals surface area contributed by atoms with Crippen LogP contribution in [0.5, 0.6) is 0 Å². The van der Waals surface area contributed by atoms with Gasteiger partial charge in [-0.25, -0.2) is 4.39 Å². The molecule has 4 aliphatic rings. The van der Waals surface area contributed by atoms with Gasteiger partial charge in [0.1, 0.15) is 24.5 Å². The zero-order valence-electron chi connectivity index (χ0n) is 21.8. The second kappa shape index (κ2) is 9.03. The van der Waals surface area contributed by atoms with Crippen LogP contribution in [0.2, 0.25) is 0 Å². The summed E-state index contributed by atoms with van der Waals surface area (Å²) in [5.74, 6) is -2.06. The molecule has 0 aromatic carbocycles. The van der Waals surface area contributed by atoms with Gasteiger partial charge in [-0.1, -0.05) is 30.7 Å². The van der Waals surface area contributed by atoms with Crippen LogP contribution in [-0.2, 0) is 14.4 Å². The quantitative estimate of drug-likeness (QED) is 0.375. The van der Waals surface area contributed by atoms with Crippen molar-refractivity contribution in [3.8, 4) is 0 Å². The molecule has 3 N–H and O–H groups in total. The third kappa shape index (κ3) is 3.53. The summed E-state index contributed by atoms with van der Waals surface area (Å²) in [6, 6.07) is 0. The van der Waals surface area contributed by atoms with Gasteiger partial charge in [-0.05, 0) is 56.6 Å². The lowest BCUT2D eigenvalue weighted by Crippen LogP contribution is -2.69. The van der Waals surface area contributed by atoms with Crippen molar-refractivity contribution >= 4 is 17.4 Å². The molecule has 0 aromatic heterocycles. The van der Waals surface area contributed by atoms with E-state index in [1.807, 2.05) is 0 Å². The smallest absolute Gasteiger partial charge is 0.225 e. The lowest BCUT2D eigenvalue weighted by atomic mass is 9.44. The molecule has 0 radical (unpaired) electrons. The van der Waals surface area contributed by atoms with E-state index in [4.69, 9.17) is 4.84 Å². The number of allylic oxidation sites excluding steroid dienone is 4. The van der Waals surface area contributed by atoms with Crippen LogP contribution in [-0.4, -0.2) is 82.3 Å². The summed E-state index contributed by atoms with van der Waals surface area (Å²) in [6.07, 6.45) is 5.45. The van der Waals surface area contributed by atoms with Crippen molar-refractivity contribution in [2.45, 2.75) is 70.2 Å². The van der Waals surface area contributed by atoms with E-state index < -0.39 is 52.4 Å². The predicted octanol–water partition coefficient (Wildman–Crippen LogP) is 2.18. The molecule has 3 saturated carbocycles. The second-order valence-electron chi connectivity index (χ2n) is 11.7. The second-order valence-corrected chi connectivity index (χ2v) is 11.7. The number of amides is 1. The van der Waals surface area contributed by atoms with Crippen LogP contribution in [0.3, 0.4) is 0 Å². The Hall–Kier alpha value is -2.10. The van der Waals surface area contributed by atoms with Gasteiger partial charge in [0, 0.05) is 30.8 Å². The number of carbonyl (C=O) groups excluding carboxylic acids is 2. The van der Waals surface area contributed by atoms with Crippen LogP contribution in [0.4, 0.5) is 4.39 Å². The van der Waals surface area contributed by atoms with Gasteiger partial charge in [-0.15, -0.1) is 0 Å². The zero-order valence-corrected chi connectivity index (χ0v) is 21.8. The molecule has 4 rings (SSSR count). The highest BCUT2D eigenvalue weighted by Crippen LogP contribution is 2.70. The fourth-order valence-corrected chi connectivity index (χ4v) is 7.80. The number of fused-ring (bicyclic) bond motifs is 5. The Labute approximate surface area is 211 Å². The Balaban J connectivity index is 1.61. The number of carbonyl (C=O) groups is 2. The third-order valence-electron chi connectivity index (χ3n) is 9.88. The number of rotatable bonds is 6. The summed E-state index contributed by atoms with van der Waals surface area (Å²) in [4.78, 5) is 31.2. The molecule has 0 saturated heterocycles. The number of halogens is 1. The van der Waals surface area contributed by atoms with Crippen LogP contribution in [0.15, 0.2) is 29.0 Å². The Morgan fingerprint density at radius 3 is 2.61 bits per heavy atom. The number of oxime groups is 1. The Morgan fingerprint density at radius 1 is 1.28 bits per heavy atom. The molecule has 1 amide bonds. The monoisotopic (exact) mass is 506 g/mol. The van der Waals surface area contributed by atoms with Crippen LogP contribution in [0.1, 0.15) is 52.9 Å². The van der Waals surface area contributed by atoms with Gasteiger partial charge in [0.15, 0.2) is 11.5 Å². The molecule has 0 unspecified atom stereocenters. The van der Waals surface area contributed by atoms with E-state index in [9.17, 15) is 24.9 Å². The van der Waals surface area contributed by atoms with Gasteiger partial charge in [-0.3, -0.25) is 9.59 Å². The summed E-state index contributed by atoms with van der Waals surface area (Å²) in [5, 5.41) is 36.6. The van der Waals surface area contributed by atoms with Gasteiger partial charge in [0.05, 0.1) is 12.5 Å². The summed E-state index contributed by atoms with van der Waals surface area (Å²) in [5.41, 5.74) is -4.58. The molecular formula is C27H39FN2O6. The minimum atomic E-state index is -1.99. The minimum absolute atomic E-state index is 0.0647. The molecule has 3 fully saturated rings. The third-order valence-corrected chi connectivity index (χ3v) is 9.88. The first kappa shape index (κ1) is 26.9. The Morgan fingerprint density at radius 2 is 1.97 bits per heavy atom. The van der Waals surface area contributed by atoms with E-state index in [-0.39, 0.29) is 31.3 Å². The van der Waals surface area contributed by atoms with Crippen molar-refractivity contribution in [3.63, 3.8) is 0 Å². The van der Waals surface area contributed by atoms with Gasteiger partial charge in [0.25, 0.3) is 0 Å². The first-order valence-electron chi connectivity index (χ1n) is 12.8. The summed E-state index contributed by atoms with van der Waals surface area (Å²) >= 11 is 0. The largest absolute Gasteiger partial charge is 0.395 e. The first-order chi connectivity index (χ1) is 16.8. The summed E-state index contributed by atoms with van der Waals surface area (Å²) in [7, 11) is 3.35. The van der Waals surface area contributed by atoms with Gasteiger partial charge < -0.3 is 25.1 Å². The first-order valence-corrected chi connectivity index (χ1v) is 12.8. The summed E-state index contributed by atoms with van der Waals surface area (Å²) in [6.45, 7) is 4.69. The molecule has 8 atom stereocenters. The SMILES string of the molecule is C[C@@H]1C[C@H]2[C@@H]3CCC4=C/C(=N\OCCC(=O)N(C)C)C=C[C@]4(C)[C@@]3(F)[C@@H](O)C[C@]2(C)[C@@]1(O)C(=O)CO. The number of nitrogens with zero attached hydrogens (tertiary/aromatic N) is 2. The van der Waals surface area contributed by atoms with E-state index in [1.54, 1.807) is 53.1 Å². The average molecular weight is 507 g/mol. The van der Waals surface area contributed by atoms with E-state index in [0.717, 1.165) is 5.57 Å².